The maximum absolute atomic E-state index is 9.71. The van der Waals surface area contributed by atoms with Gasteiger partial charge in [-0.2, -0.15) is 6.41 Å². The van der Waals surface area contributed by atoms with Crippen LogP contribution in [0.25, 0.3) is 0 Å². The Balaban J connectivity index is 0. The fraction of sp³-hybridized carbons (Fsp3) is 0.917. The number of nitrogens with zero attached hydrogens (tertiary/aromatic N) is 1. The van der Waals surface area contributed by atoms with Gasteiger partial charge in [-0.15, -0.1) is 0 Å². The minimum absolute atomic E-state index is 0. The third-order valence-electron chi connectivity index (χ3n) is 1.82. The first-order valence-corrected chi connectivity index (χ1v) is 6.85. The third kappa shape index (κ3) is 14.7. The molecule has 6 nitrogen and oxygen atoms in total. The van der Waals surface area contributed by atoms with Crippen LogP contribution in [-0.4, -0.2) is 63.0 Å². The minimum atomic E-state index is -0.0649. The van der Waals surface area contributed by atoms with E-state index in [1.165, 1.54) is 4.31 Å². The third-order valence-corrected chi connectivity index (χ3v) is 2.53. The predicted molar refractivity (Wildman–Crippen MR) is 74.3 cm³/mol. The monoisotopic (exact) mass is 551 g/mol. The number of hydrogen-bond acceptors (Lipinski definition) is 6. The average Bonchev–Trinajstić information content (AvgIpc) is 2.86. The minimum Gasteiger partial charge on any atom is -0.519 e. The van der Waals surface area contributed by atoms with Crippen LogP contribution in [0, 0.1) is 0 Å². The van der Waals surface area contributed by atoms with Gasteiger partial charge in [0.2, 0.25) is 0 Å². The van der Waals surface area contributed by atoms with E-state index in [4.69, 9.17) is 18.4 Å². The second-order valence-electron chi connectivity index (χ2n) is 4.66. The molecule has 1 fully saturated rings. The quantitative estimate of drug-likeness (QED) is 0.207. The molecule has 8 heteroatoms. The number of methoxy groups -OCH3 is 1. The normalized spacial score (nSPS) is 14.3. The Morgan fingerprint density at radius 2 is 1.90 bits per heavy atom. The number of hydrogen-bond donors (Lipinski definition) is 0. The van der Waals surface area contributed by atoms with Crippen LogP contribution in [0.4, 0.5) is 0 Å². The van der Waals surface area contributed by atoms with E-state index in [0.717, 1.165) is 12.2 Å². The molecule has 1 heterocycles. The van der Waals surface area contributed by atoms with Crippen molar-refractivity contribution in [2.75, 3.05) is 46.7 Å². The molecule has 0 radical (unpaired) electrons. The van der Waals surface area contributed by atoms with Gasteiger partial charge in [0, 0.05) is 13.7 Å². The van der Waals surface area contributed by atoms with E-state index in [0.29, 0.717) is 39.6 Å². The van der Waals surface area contributed by atoms with Crippen LogP contribution in [0.5, 0.6) is 0 Å². The van der Waals surface area contributed by atoms with Gasteiger partial charge < -0.3 is 23.3 Å². The number of carbonyl (C=O) groups excluding carboxylic acids is 1. The van der Waals surface area contributed by atoms with Gasteiger partial charge in [0.25, 0.3) is 0 Å². The summed E-state index contributed by atoms with van der Waals surface area (Å²) in [4.78, 5) is 9.71. The molecule has 1 rings (SSSR count). The summed E-state index contributed by atoms with van der Waals surface area (Å²) in [5.41, 5.74) is -0.0649. The molecule has 20 heavy (non-hydrogen) atoms. The first-order chi connectivity index (χ1) is 8.99. The molecule has 1 aliphatic heterocycles. The molecule has 1 amide bonds. The SMILES string of the molecule is COCCOCCOC(C)(C)C.O=[C-]N1CCOS1.[Fm]. The van der Waals surface area contributed by atoms with E-state index in [1.807, 2.05) is 20.8 Å². The van der Waals surface area contributed by atoms with Gasteiger partial charge >= 0.3 is 0 Å². The van der Waals surface area contributed by atoms with E-state index in [9.17, 15) is 4.79 Å². The van der Waals surface area contributed by atoms with Crippen molar-refractivity contribution < 1.29 is 23.2 Å². The van der Waals surface area contributed by atoms with Gasteiger partial charge in [0.15, 0.2) is 0 Å². The van der Waals surface area contributed by atoms with Crippen molar-refractivity contribution in [1.29, 1.82) is 0 Å². The van der Waals surface area contributed by atoms with Crippen LogP contribution >= 0.6 is 12.2 Å². The Hall–Kier alpha value is -1.34. The summed E-state index contributed by atoms with van der Waals surface area (Å²) in [6.07, 6.45) is 1.69. The van der Waals surface area contributed by atoms with Crippen molar-refractivity contribution in [3.8, 4) is 0 Å². The molecule has 1 aliphatic rings. The van der Waals surface area contributed by atoms with Gasteiger partial charge in [-0.3, -0.25) is 4.18 Å². The number of ether oxygens (including phenoxy) is 3. The molecule has 126 valence electrons. The molecule has 0 unspecified atom stereocenters. The van der Waals surface area contributed by atoms with E-state index < -0.39 is 0 Å². The van der Waals surface area contributed by atoms with E-state index >= 15 is 0 Å². The Morgan fingerprint density at radius 1 is 1.25 bits per heavy atom. The molecule has 0 aromatic rings. The summed E-state index contributed by atoms with van der Waals surface area (Å²) in [6, 6.07) is 0. The average molecular weight is 551 g/mol. The fourth-order valence-corrected chi connectivity index (χ4v) is 1.43. The largest absolute Gasteiger partial charge is 0.519 e. The molecule has 0 atom stereocenters. The smallest absolute Gasteiger partial charge is 0.0804 e. The Morgan fingerprint density at radius 3 is 2.30 bits per heavy atom. The van der Waals surface area contributed by atoms with Crippen molar-refractivity contribution in [1.82, 2.24) is 4.31 Å². The standard InChI is InChI=1S/C9H20O3.C3H4NO2S.Fm/c1-9(2,3)12-8-7-11-6-5-10-4;5-3-4-1-2-6-7-4;/h5-8H2,1-4H3;1-2H2;/q;-1;. The van der Waals surface area contributed by atoms with E-state index in [2.05, 4.69) is 0 Å². The molecule has 0 N–H and O–H groups in total. The Labute approximate surface area is 120 Å². The van der Waals surface area contributed by atoms with Crippen LogP contribution in [0.2, 0.25) is 0 Å². The molecule has 0 aliphatic carbocycles. The maximum Gasteiger partial charge on any atom is 0.0804 e. The molecular weight excluding hydrogens is 527 g/mol. The molecule has 1 saturated heterocycles. The van der Waals surface area contributed by atoms with Gasteiger partial charge in [0.1, 0.15) is 0 Å². The zero-order valence-corrected chi connectivity index (χ0v) is 15.6. The van der Waals surface area contributed by atoms with Crippen molar-refractivity contribution in [3.63, 3.8) is 0 Å². The van der Waals surface area contributed by atoms with E-state index in [-0.39, 0.29) is 5.60 Å². The molecule has 0 aromatic carbocycles. The first-order valence-electron chi connectivity index (χ1n) is 6.15. The maximum atomic E-state index is 9.71. The Kier molecular flexibility index (Phi) is 13.3. The summed E-state index contributed by atoms with van der Waals surface area (Å²) in [6.45, 7) is 9.95. The van der Waals surface area contributed by atoms with Crippen molar-refractivity contribution in [3.05, 3.63) is 0 Å². The molecule has 0 saturated carbocycles. The first kappa shape index (κ1) is 21.0. The van der Waals surface area contributed by atoms with E-state index in [1.54, 1.807) is 13.5 Å². The van der Waals surface area contributed by atoms with Gasteiger partial charge in [-0.25, -0.2) is 0 Å². The van der Waals surface area contributed by atoms with Crippen LogP contribution in [-0.2, 0) is 23.2 Å². The molecule has 0 bridgehead atoms. The van der Waals surface area contributed by atoms with Gasteiger partial charge in [-0.05, 0) is 20.8 Å². The summed E-state index contributed by atoms with van der Waals surface area (Å²) >= 11 is 1.05. The molecule has 0 aromatic heterocycles. The zero-order chi connectivity index (χ0) is 14.6. The van der Waals surface area contributed by atoms with Crippen molar-refractivity contribution >= 4 is 18.6 Å². The van der Waals surface area contributed by atoms with Crippen molar-refractivity contribution in [2.45, 2.75) is 26.4 Å². The topological polar surface area (TPSA) is 57.2 Å². The number of amides is 1. The van der Waals surface area contributed by atoms with Gasteiger partial charge in [0.05, 0.1) is 50.9 Å². The van der Waals surface area contributed by atoms with Gasteiger partial charge in [-0.1, -0.05) is 0 Å². The van der Waals surface area contributed by atoms with Crippen LogP contribution in [0.3, 0.4) is 0 Å². The molecular formula is C12H24FmNO5S-. The fourth-order valence-electron chi connectivity index (χ4n) is 0.970. The van der Waals surface area contributed by atoms with Crippen molar-refractivity contribution in [2.24, 2.45) is 0 Å². The predicted octanol–water partition coefficient (Wildman–Crippen LogP) is 1.41. The summed E-state index contributed by atoms with van der Waals surface area (Å²) in [5.74, 6) is 0. The molecule has 0 spiro atoms. The Bertz CT molecular complexity index is 222. The summed E-state index contributed by atoms with van der Waals surface area (Å²) < 4.78 is 21.6. The zero-order valence-electron chi connectivity index (χ0n) is 12.4. The van der Waals surface area contributed by atoms with Crippen LogP contribution in [0.15, 0.2) is 0 Å². The second-order valence-corrected chi connectivity index (χ2v) is 5.48. The van der Waals surface area contributed by atoms with Crippen LogP contribution in [0.1, 0.15) is 20.8 Å². The summed E-state index contributed by atoms with van der Waals surface area (Å²) in [5, 5.41) is 0. The number of rotatable bonds is 7. The summed E-state index contributed by atoms with van der Waals surface area (Å²) in [7, 11) is 1.66. The second kappa shape index (κ2) is 12.7. The van der Waals surface area contributed by atoms with Crippen LogP contribution < -0.4 is 0 Å².